The summed E-state index contributed by atoms with van der Waals surface area (Å²) in [6, 6.07) is 2.13. The van der Waals surface area contributed by atoms with E-state index in [4.69, 9.17) is 5.73 Å². The van der Waals surface area contributed by atoms with Crippen molar-refractivity contribution < 1.29 is 22.4 Å². The zero-order valence-corrected chi connectivity index (χ0v) is 8.59. The van der Waals surface area contributed by atoms with Gasteiger partial charge in [-0.25, -0.2) is 4.39 Å². The Labute approximate surface area is 94.7 Å². The monoisotopic (exact) mass is 247 g/mol. The van der Waals surface area contributed by atoms with Crippen LogP contribution in [-0.4, -0.2) is 5.91 Å². The van der Waals surface area contributed by atoms with E-state index < -0.39 is 23.5 Å². The Morgan fingerprint density at radius 3 is 2.53 bits per heavy atom. The molecule has 1 amide bonds. The molecule has 0 radical (unpaired) electrons. The van der Waals surface area contributed by atoms with Crippen LogP contribution in [0.2, 0.25) is 0 Å². The third kappa shape index (κ3) is 3.90. The number of halogens is 4. The zero-order chi connectivity index (χ0) is 13.1. The highest BCUT2D eigenvalue weighted by Crippen LogP contribution is 2.32. The molecular formula is C11H9F4NO. The SMILES string of the molecule is NC(=O)CC=Cc1cc(F)ccc1C(F)(F)F. The molecule has 1 rings (SSSR count). The van der Waals surface area contributed by atoms with Gasteiger partial charge in [0.15, 0.2) is 0 Å². The number of hydrogen-bond donors (Lipinski definition) is 1. The summed E-state index contributed by atoms with van der Waals surface area (Å²) in [6.45, 7) is 0. The average Bonchev–Trinajstić information content (AvgIpc) is 2.15. The summed E-state index contributed by atoms with van der Waals surface area (Å²) in [6.07, 6.45) is -2.59. The van der Waals surface area contributed by atoms with E-state index in [1.165, 1.54) is 0 Å². The third-order valence-electron chi connectivity index (χ3n) is 1.94. The van der Waals surface area contributed by atoms with E-state index in [1.54, 1.807) is 0 Å². The molecule has 0 bridgehead atoms. The van der Waals surface area contributed by atoms with Gasteiger partial charge < -0.3 is 5.73 Å². The van der Waals surface area contributed by atoms with E-state index in [1.807, 2.05) is 0 Å². The summed E-state index contributed by atoms with van der Waals surface area (Å²) < 4.78 is 50.4. The standard InChI is InChI=1S/C11H9F4NO/c12-8-4-5-9(11(13,14)15)7(6-8)2-1-3-10(16)17/h1-2,4-6H,3H2,(H2,16,17). The fraction of sp³-hybridized carbons (Fsp3) is 0.182. The van der Waals surface area contributed by atoms with Crippen molar-refractivity contribution >= 4 is 12.0 Å². The number of carbonyl (C=O) groups excluding carboxylic acids is 1. The smallest absolute Gasteiger partial charge is 0.369 e. The van der Waals surface area contributed by atoms with Crippen LogP contribution in [0, 0.1) is 5.82 Å². The minimum atomic E-state index is -4.57. The maximum Gasteiger partial charge on any atom is 0.416 e. The van der Waals surface area contributed by atoms with Crippen molar-refractivity contribution in [2.45, 2.75) is 12.6 Å². The second-order valence-corrected chi connectivity index (χ2v) is 3.30. The van der Waals surface area contributed by atoms with Crippen LogP contribution in [0.4, 0.5) is 17.6 Å². The van der Waals surface area contributed by atoms with Crippen molar-refractivity contribution in [1.29, 1.82) is 0 Å². The molecule has 0 aliphatic carbocycles. The highest BCUT2D eigenvalue weighted by atomic mass is 19.4. The van der Waals surface area contributed by atoms with Gasteiger partial charge in [0.1, 0.15) is 5.82 Å². The Bertz CT molecular complexity index is 451. The predicted molar refractivity (Wildman–Crippen MR) is 54.2 cm³/mol. The van der Waals surface area contributed by atoms with Crippen LogP contribution < -0.4 is 5.73 Å². The minimum Gasteiger partial charge on any atom is -0.369 e. The van der Waals surface area contributed by atoms with Gasteiger partial charge in [0.25, 0.3) is 0 Å². The van der Waals surface area contributed by atoms with E-state index >= 15 is 0 Å². The minimum absolute atomic E-state index is 0.201. The normalized spacial score (nSPS) is 12.0. The third-order valence-corrected chi connectivity index (χ3v) is 1.94. The first-order valence-corrected chi connectivity index (χ1v) is 4.62. The Balaban J connectivity index is 3.08. The molecule has 0 unspecified atom stereocenters. The fourth-order valence-corrected chi connectivity index (χ4v) is 1.23. The molecule has 2 N–H and O–H groups in total. The van der Waals surface area contributed by atoms with Crippen molar-refractivity contribution in [2.75, 3.05) is 0 Å². The first-order valence-electron chi connectivity index (χ1n) is 4.62. The molecule has 1 aromatic rings. The first-order chi connectivity index (χ1) is 7.80. The molecule has 0 spiro atoms. The zero-order valence-electron chi connectivity index (χ0n) is 8.59. The van der Waals surface area contributed by atoms with Gasteiger partial charge in [-0.1, -0.05) is 12.2 Å². The van der Waals surface area contributed by atoms with Gasteiger partial charge in [0.2, 0.25) is 5.91 Å². The van der Waals surface area contributed by atoms with Crippen LogP contribution in [-0.2, 0) is 11.0 Å². The van der Waals surface area contributed by atoms with E-state index in [-0.39, 0.29) is 12.0 Å². The molecule has 0 atom stereocenters. The number of amides is 1. The Kier molecular flexibility index (Phi) is 3.88. The molecule has 0 saturated heterocycles. The molecule has 6 heteroatoms. The summed E-state index contributed by atoms with van der Waals surface area (Å²) in [7, 11) is 0. The number of alkyl halides is 3. The molecule has 92 valence electrons. The van der Waals surface area contributed by atoms with Gasteiger partial charge in [0.05, 0.1) is 5.56 Å². The van der Waals surface area contributed by atoms with Crippen LogP contribution in [0.1, 0.15) is 17.5 Å². The first kappa shape index (κ1) is 13.2. The van der Waals surface area contributed by atoms with E-state index in [2.05, 4.69) is 0 Å². The second kappa shape index (κ2) is 4.99. The van der Waals surface area contributed by atoms with Crippen molar-refractivity contribution in [3.8, 4) is 0 Å². The van der Waals surface area contributed by atoms with Gasteiger partial charge >= 0.3 is 6.18 Å². The molecule has 0 heterocycles. The number of benzene rings is 1. The molecule has 0 aliphatic heterocycles. The lowest BCUT2D eigenvalue weighted by molar-refractivity contribution is -0.137. The van der Waals surface area contributed by atoms with Crippen LogP contribution in [0.5, 0.6) is 0 Å². The number of hydrogen-bond acceptors (Lipinski definition) is 1. The topological polar surface area (TPSA) is 43.1 Å². The van der Waals surface area contributed by atoms with Gasteiger partial charge in [0, 0.05) is 6.42 Å². The number of primary amides is 1. The molecule has 1 aromatic carbocycles. The van der Waals surface area contributed by atoms with Gasteiger partial charge in [-0.05, 0) is 23.8 Å². The number of rotatable bonds is 3. The fourth-order valence-electron chi connectivity index (χ4n) is 1.23. The van der Waals surface area contributed by atoms with Crippen LogP contribution in [0.15, 0.2) is 24.3 Å². The quantitative estimate of drug-likeness (QED) is 0.820. The van der Waals surface area contributed by atoms with Crippen LogP contribution in [0.3, 0.4) is 0 Å². The van der Waals surface area contributed by atoms with Crippen molar-refractivity contribution in [3.05, 3.63) is 41.2 Å². The molecule has 2 nitrogen and oxygen atoms in total. The molecule has 17 heavy (non-hydrogen) atoms. The highest BCUT2D eigenvalue weighted by molar-refractivity contribution is 5.76. The molecule has 0 fully saturated rings. The largest absolute Gasteiger partial charge is 0.416 e. The highest BCUT2D eigenvalue weighted by Gasteiger charge is 2.32. The lowest BCUT2D eigenvalue weighted by Crippen LogP contribution is -2.09. The van der Waals surface area contributed by atoms with E-state index in [0.717, 1.165) is 24.3 Å². The summed E-state index contributed by atoms with van der Waals surface area (Å²) in [5.74, 6) is -1.46. The van der Waals surface area contributed by atoms with Gasteiger partial charge in [-0.3, -0.25) is 4.79 Å². The molecule has 0 saturated carbocycles. The Hall–Kier alpha value is -1.85. The van der Waals surface area contributed by atoms with Crippen LogP contribution in [0.25, 0.3) is 6.08 Å². The van der Waals surface area contributed by atoms with E-state index in [9.17, 15) is 22.4 Å². The summed E-state index contributed by atoms with van der Waals surface area (Å²) in [4.78, 5) is 10.4. The van der Waals surface area contributed by atoms with Crippen molar-refractivity contribution in [2.24, 2.45) is 5.73 Å². The van der Waals surface area contributed by atoms with E-state index in [0.29, 0.717) is 6.07 Å². The maximum absolute atomic E-state index is 12.8. The predicted octanol–water partition coefficient (Wildman–Crippen LogP) is 2.73. The lowest BCUT2D eigenvalue weighted by Gasteiger charge is -2.09. The Morgan fingerprint density at radius 2 is 2.00 bits per heavy atom. The molecule has 0 aliphatic rings. The average molecular weight is 247 g/mol. The second-order valence-electron chi connectivity index (χ2n) is 3.30. The number of carbonyl (C=O) groups is 1. The number of nitrogens with two attached hydrogens (primary N) is 1. The van der Waals surface area contributed by atoms with Crippen molar-refractivity contribution in [3.63, 3.8) is 0 Å². The van der Waals surface area contributed by atoms with Crippen LogP contribution >= 0.6 is 0 Å². The van der Waals surface area contributed by atoms with Crippen molar-refractivity contribution in [1.82, 2.24) is 0 Å². The summed E-state index contributed by atoms with van der Waals surface area (Å²) in [5, 5.41) is 0. The van der Waals surface area contributed by atoms with Gasteiger partial charge in [-0.15, -0.1) is 0 Å². The molecular weight excluding hydrogens is 238 g/mol. The Morgan fingerprint density at radius 1 is 1.35 bits per heavy atom. The molecule has 0 aromatic heterocycles. The summed E-state index contributed by atoms with van der Waals surface area (Å²) in [5.41, 5.74) is 3.53. The lowest BCUT2D eigenvalue weighted by atomic mass is 10.1. The maximum atomic E-state index is 12.8. The van der Waals surface area contributed by atoms with Gasteiger partial charge in [-0.2, -0.15) is 13.2 Å². The summed E-state index contributed by atoms with van der Waals surface area (Å²) >= 11 is 0.